The van der Waals surface area contributed by atoms with Crippen molar-refractivity contribution in [2.24, 2.45) is 0 Å². The first-order chi connectivity index (χ1) is 7.53. The lowest BCUT2D eigenvalue weighted by molar-refractivity contribution is -0.140. The Morgan fingerprint density at radius 1 is 1.38 bits per heavy atom. The zero-order chi connectivity index (χ0) is 12.0. The topological polar surface area (TPSA) is 63.6 Å². The lowest BCUT2D eigenvalue weighted by Gasteiger charge is -2.10. The van der Waals surface area contributed by atoms with Crippen LogP contribution in [0.4, 0.5) is 0 Å². The molecule has 1 aromatic carbocycles. The molecule has 0 aliphatic rings. The maximum absolute atomic E-state index is 11.7. The van der Waals surface area contributed by atoms with E-state index in [1.165, 1.54) is 0 Å². The van der Waals surface area contributed by atoms with Gasteiger partial charge in [-0.15, -0.1) is 0 Å². The number of hydrogen-bond acceptors (Lipinski definition) is 3. The summed E-state index contributed by atoms with van der Waals surface area (Å²) in [6.07, 6.45) is -0.414. The molecular weight excluding hydrogens is 227 g/mol. The van der Waals surface area contributed by atoms with Crippen molar-refractivity contribution in [2.75, 3.05) is 12.8 Å². The first-order valence-electron chi connectivity index (χ1n) is 5.04. The van der Waals surface area contributed by atoms with Gasteiger partial charge < -0.3 is 9.63 Å². The molecular formula is C11H15O4P. The SMILES string of the molecule is CCOC(=O)CP(=O)(O)Cc1ccccc1. The normalized spacial score (nSPS) is 14.1. The fourth-order valence-corrected chi connectivity index (χ4v) is 2.72. The number of rotatable bonds is 5. The van der Waals surface area contributed by atoms with E-state index >= 15 is 0 Å². The fraction of sp³-hybridized carbons (Fsp3) is 0.364. The number of carbonyl (C=O) groups is 1. The summed E-state index contributed by atoms with van der Waals surface area (Å²) in [5.74, 6) is -0.621. The van der Waals surface area contributed by atoms with Gasteiger partial charge >= 0.3 is 5.97 Å². The summed E-state index contributed by atoms with van der Waals surface area (Å²) in [5.41, 5.74) is 0.748. The highest BCUT2D eigenvalue weighted by Crippen LogP contribution is 2.44. The summed E-state index contributed by atoms with van der Waals surface area (Å²) in [6, 6.07) is 8.93. The lowest BCUT2D eigenvalue weighted by Crippen LogP contribution is -2.10. The van der Waals surface area contributed by atoms with Crippen LogP contribution in [0.25, 0.3) is 0 Å². The van der Waals surface area contributed by atoms with E-state index in [-0.39, 0.29) is 12.8 Å². The molecule has 0 spiro atoms. The maximum atomic E-state index is 11.7. The van der Waals surface area contributed by atoms with Gasteiger partial charge in [0.2, 0.25) is 7.37 Å². The molecule has 0 aromatic heterocycles. The van der Waals surface area contributed by atoms with Crippen LogP contribution in [0.2, 0.25) is 0 Å². The maximum Gasteiger partial charge on any atom is 0.315 e. The fourth-order valence-electron chi connectivity index (χ4n) is 1.33. The highest BCUT2D eigenvalue weighted by molar-refractivity contribution is 7.58. The van der Waals surface area contributed by atoms with E-state index in [9.17, 15) is 14.3 Å². The van der Waals surface area contributed by atoms with Crippen LogP contribution in [0.1, 0.15) is 12.5 Å². The minimum atomic E-state index is -3.47. The number of hydrogen-bond donors (Lipinski definition) is 1. The van der Waals surface area contributed by atoms with Crippen molar-refractivity contribution in [1.82, 2.24) is 0 Å². The molecule has 0 saturated heterocycles. The van der Waals surface area contributed by atoms with Gasteiger partial charge in [-0.25, -0.2) is 0 Å². The lowest BCUT2D eigenvalue weighted by atomic mass is 10.2. The summed E-state index contributed by atoms with van der Waals surface area (Å²) < 4.78 is 16.4. The summed E-state index contributed by atoms with van der Waals surface area (Å²) in [7, 11) is -3.47. The summed E-state index contributed by atoms with van der Waals surface area (Å²) in [6.45, 7) is 1.89. The van der Waals surface area contributed by atoms with Gasteiger partial charge in [-0.05, 0) is 12.5 Å². The predicted molar refractivity (Wildman–Crippen MR) is 61.5 cm³/mol. The molecule has 0 aliphatic carbocycles. The van der Waals surface area contributed by atoms with Gasteiger partial charge in [0.05, 0.1) is 12.8 Å². The van der Waals surface area contributed by atoms with E-state index in [2.05, 4.69) is 4.74 Å². The number of esters is 1. The molecule has 0 fully saturated rings. The molecule has 0 amide bonds. The van der Waals surface area contributed by atoms with Crippen molar-refractivity contribution < 1.29 is 19.0 Å². The van der Waals surface area contributed by atoms with Gasteiger partial charge in [0.25, 0.3) is 0 Å². The highest BCUT2D eigenvalue weighted by Gasteiger charge is 2.23. The van der Waals surface area contributed by atoms with Crippen LogP contribution in [0.5, 0.6) is 0 Å². The molecule has 4 nitrogen and oxygen atoms in total. The third-order valence-electron chi connectivity index (χ3n) is 1.95. The van der Waals surface area contributed by atoms with Gasteiger partial charge in [-0.3, -0.25) is 9.36 Å². The van der Waals surface area contributed by atoms with Gasteiger partial charge in [0.15, 0.2) is 0 Å². The molecule has 0 aliphatic heterocycles. The van der Waals surface area contributed by atoms with Crippen molar-refractivity contribution in [3.8, 4) is 0 Å². The quantitative estimate of drug-likeness (QED) is 0.633. The predicted octanol–water partition coefficient (Wildman–Crippen LogP) is 2.02. The van der Waals surface area contributed by atoms with Crippen molar-refractivity contribution in [1.29, 1.82) is 0 Å². The molecule has 1 aromatic rings. The Balaban J connectivity index is 2.58. The molecule has 5 heteroatoms. The zero-order valence-electron chi connectivity index (χ0n) is 9.13. The van der Waals surface area contributed by atoms with Crippen LogP contribution >= 0.6 is 7.37 Å². The second-order valence-electron chi connectivity index (χ2n) is 3.45. The van der Waals surface area contributed by atoms with Crippen LogP contribution in [0, 0.1) is 0 Å². The average Bonchev–Trinajstić information content (AvgIpc) is 2.17. The molecule has 16 heavy (non-hydrogen) atoms. The summed E-state index contributed by atoms with van der Waals surface area (Å²) >= 11 is 0. The van der Waals surface area contributed by atoms with E-state index in [1.54, 1.807) is 31.2 Å². The number of ether oxygens (including phenoxy) is 1. The Labute approximate surface area is 94.7 Å². The van der Waals surface area contributed by atoms with Gasteiger partial charge in [-0.1, -0.05) is 30.3 Å². The molecule has 0 heterocycles. The van der Waals surface area contributed by atoms with Crippen molar-refractivity contribution in [3.05, 3.63) is 35.9 Å². The average molecular weight is 242 g/mol. The molecule has 0 bridgehead atoms. The first kappa shape index (κ1) is 12.9. The molecule has 88 valence electrons. The van der Waals surface area contributed by atoms with E-state index in [0.717, 1.165) is 5.56 Å². The minimum Gasteiger partial charge on any atom is -0.466 e. The minimum absolute atomic E-state index is 0.00660. The monoisotopic (exact) mass is 242 g/mol. The molecule has 0 radical (unpaired) electrons. The van der Waals surface area contributed by atoms with Crippen molar-refractivity contribution in [2.45, 2.75) is 13.1 Å². The van der Waals surface area contributed by atoms with Crippen LogP contribution in [0.3, 0.4) is 0 Å². The van der Waals surface area contributed by atoms with E-state index in [1.807, 2.05) is 6.07 Å². The van der Waals surface area contributed by atoms with E-state index in [4.69, 9.17) is 0 Å². The second kappa shape index (κ2) is 5.83. The first-order valence-corrected chi connectivity index (χ1v) is 7.07. The Kier molecular flexibility index (Phi) is 4.71. The Morgan fingerprint density at radius 3 is 2.56 bits per heavy atom. The standard InChI is InChI=1S/C11H15O4P/c1-2-15-11(12)9-16(13,14)8-10-6-4-3-5-7-10/h3-7H,2,8-9H2,1H3,(H,13,14). The second-order valence-corrected chi connectivity index (χ2v) is 5.78. The summed E-state index contributed by atoms with van der Waals surface area (Å²) in [5, 5.41) is 0. The van der Waals surface area contributed by atoms with Gasteiger partial charge in [0.1, 0.15) is 6.16 Å². The van der Waals surface area contributed by atoms with Crippen LogP contribution in [-0.4, -0.2) is 23.6 Å². The van der Waals surface area contributed by atoms with Gasteiger partial charge in [0, 0.05) is 0 Å². The summed E-state index contributed by atoms with van der Waals surface area (Å²) in [4.78, 5) is 20.7. The van der Waals surface area contributed by atoms with Crippen molar-refractivity contribution >= 4 is 13.3 Å². The highest BCUT2D eigenvalue weighted by atomic mass is 31.2. The molecule has 1 rings (SSSR count). The van der Waals surface area contributed by atoms with Gasteiger partial charge in [-0.2, -0.15) is 0 Å². The zero-order valence-corrected chi connectivity index (χ0v) is 10.0. The smallest absolute Gasteiger partial charge is 0.315 e. The van der Waals surface area contributed by atoms with Crippen LogP contribution in [-0.2, 0) is 20.3 Å². The Hall–Kier alpha value is -1.12. The van der Waals surface area contributed by atoms with Crippen LogP contribution in [0.15, 0.2) is 30.3 Å². The molecule has 1 atom stereocenters. The Morgan fingerprint density at radius 2 is 2.00 bits per heavy atom. The molecule has 1 unspecified atom stereocenters. The third-order valence-corrected chi connectivity index (χ3v) is 3.57. The number of benzene rings is 1. The Bertz CT molecular complexity index is 388. The molecule has 0 saturated carbocycles. The number of carbonyl (C=O) groups excluding carboxylic acids is 1. The third kappa shape index (κ3) is 4.60. The van der Waals surface area contributed by atoms with E-state index in [0.29, 0.717) is 0 Å². The van der Waals surface area contributed by atoms with Crippen LogP contribution < -0.4 is 0 Å². The van der Waals surface area contributed by atoms with Crippen molar-refractivity contribution in [3.63, 3.8) is 0 Å². The largest absolute Gasteiger partial charge is 0.466 e. The molecule has 1 N–H and O–H groups in total. The van der Waals surface area contributed by atoms with E-state index < -0.39 is 19.5 Å².